The summed E-state index contributed by atoms with van der Waals surface area (Å²) < 4.78 is 33.4. The smallest absolute Gasteiger partial charge is 0.455 e. The number of hydrogen-bond acceptors (Lipinski definition) is 4. The molecule has 18 heavy (non-hydrogen) atoms. The summed E-state index contributed by atoms with van der Waals surface area (Å²) in [5, 5.41) is 0. The van der Waals surface area contributed by atoms with Gasteiger partial charge in [-0.1, -0.05) is 12.2 Å². The summed E-state index contributed by atoms with van der Waals surface area (Å²) in [6.07, 6.45) is -2.05. The van der Waals surface area contributed by atoms with E-state index in [4.69, 9.17) is 0 Å². The number of ether oxygens (including phenoxy) is 2. The molecule has 0 aromatic carbocycles. The first-order valence-corrected chi connectivity index (χ1v) is 5.66. The van der Waals surface area contributed by atoms with Crippen LogP contribution in [0.15, 0.2) is 12.2 Å². The Kier molecular flexibility index (Phi) is 4.95. The van der Waals surface area contributed by atoms with Crippen LogP contribution in [-0.4, -0.2) is 31.6 Å². The summed E-state index contributed by atoms with van der Waals surface area (Å²) in [6, 6.07) is 0. The zero-order chi connectivity index (χ0) is 13.8. The molecular formula is C12H16F2O4. The lowest BCUT2D eigenvalue weighted by molar-refractivity contribution is -0.240. The fourth-order valence-corrected chi connectivity index (χ4v) is 1.79. The summed E-state index contributed by atoms with van der Waals surface area (Å²) in [6.45, 7) is 3.57. The van der Waals surface area contributed by atoms with Crippen LogP contribution in [-0.2, 0) is 19.1 Å². The Bertz CT molecular complexity index is 352. The molecule has 6 heteroatoms. The molecule has 0 aromatic rings. The SMILES string of the molecule is C=C1CCC(=O)C(CCOC(=O)C(F)(F)OC)C1. The minimum Gasteiger partial charge on any atom is -0.459 e. The van der Waals surface area contributed by atoms with Crippen LogP contribution in [0.25, 0.3) is 0 Å². The summed E-state index contributed by atoms with van der Waals surface area (Å²) in [7, 11) is 0.718. The van der Waals surface area contributed by atoms with E-state index in [1.807, 2.05) is 0 Å². The van der Waals surface area contributed by atoms with Crippen molar-refractivity contribution in [2.45, 2.75) is 31.8 Å². The van der Waals surface area contributed by atoms with Crippen LogP contribution < -0.4 is 0 Å². The highest BCUT2D eigenvalue weighted by molar-refractivity contribution is 5.82. The Hall–Kier alpha value is -1.30. The molecule has 0 heterocycles. The molecule has 0 N–H and O–H groups in total. The number of carbonyl (C=O) groups excluding carboxylic acids is 2. The van der Waals surface area contributed by atoms with Gasteiger partial charge in [-0.15, -0.1) is 0 Å². The molecule has 1 atom stereocenters. The standard InChI is InChI=1S/C12H16F2O4/c1-8-3-4-10(15)9(7-8)5-6-18-11(16)12(13,14)17-2/h9H,1,3-7H2,2H3. The van der Waals surface area contributed by atoms with Crippen molar-refractivity contribution in [2.24, 2.45) is 5.92 Å². The topological polar surface area (TPSA) is 52.6 Å². The molecule has 1 fully saturated rings. The third-order valence-electron chi connectivity index (χ3n) is 2.91. The van der Waals surface area contributed by atoms with Crippen molar-refractivity contribution in [3.8, 4) is 0 Å². The van der Waals surface area contributed by atoms with Gasteiger partial charge in [0.2, 0.25) is 0 Å². The number of hydrogen-bond donors (Lipinski definition) is 0. The third-order valence-corrected chi connectivity index (χ3v) is 2.91. The molecule has 1 saturated carbocycles. The number of methoxy groups -OCH3 is 1. The summed E-state index contributed by atoms with van der Waals surface area (Å²) in [5.41, 5.74) is 0.966. The van der Waals surface area contributed by atoms with Gasteiger partial charge in [-0.25, -0.2) is 4.79 Å². The van der Waals surface area contributed by atoms with E-state index in [1.165, 1.54) is 0 Å². The van der Waals surface area contributed by atoms with E-state index in [2.05, 4.69) is 16.1 Å². The Morgan fingerprint density at radius 2 is 2.17 bits per heavy atom. The highest BCUT2D eigenvalue weighted by Crippen LogP contribution is 2.27. The highest BCUT2D eigenvalue weighted by Gasteiger charge is 2.41. The zero-order valence-electron chi connectivity index (χ0n) is 10.2. The van der Waals surface area contributed by atoms with Gasteiger partial charge in [-0.2, -0.15) is 8.78 Å². The van der Waals surface area contributed by atoms with E-state index in [1.54, 1.807) is 0 Å². The number of esters is 1. The molecule has 0 aliphatic heterocycles. The molecule has 0 aromatic heterocycles. The fourth-order valence-electron chi connectivity index (χ4n) is 1.79. The predicted octanol–water partition coefficient (Wildman–Crippen LogP) is 2.08. The lowest BCUT2D eigenvalue weighted by Crippen LogP contribution is -2.33. The Morgan fingerprint density at radius 1 is 1.50 bits per heavy atom. The number of rotatable bonds is 5. The number of halogens is 2. The van der Waals surface area contributed by atoms with Gasteiger partial charge in [0.05, 0.1) is 6.61 Å². The minimum atomic E-state index is -3.93. The average molecular weight is 262 g/mol. The van der Waals surface area contributed by atoms with Crippen LogP contribution in [0, 0.1) is 5.92 Å². The van der Waals surface area contributed by atoms with Crippen LogP contribution >= 0.6 is 0 Å². The lowest BCUT2D eigenvalue weighted by atomic mass is 9.83. The first kappa shape index (κ1) is 14.8. The number of Topliss-reactive ketones (excluding diaryl/α,β-unsaturated/α-hetero) is 1. The molecule has 0 amide bonds. The van der Waals surface area contributed by atoms with Crippen molar-refractivity contribution in [3.05, 3.63) is 12.2 Å². The van der Waals surface area contributed by atoms with Crippen molar-refractivity contribution in [1.29, 1.82) is 0 Å². The number of allylic oxidation sites excluding steroid dienone is 1. The second-order valence-corrected chi connectivity index (χ2v) is 4.26. The maximum atomic E-state index is 12.7. The Labute approximate surface area is 104 Å². The Balaban J connectivity index is 2.35. The molecule has 0 radical (unpaired) electrons. The molecule has 1 aliphatic carbocycles. The van der Waals surface area contributed by atoms with Crippen LogP contribution in [0.1, 0.15) is 25.7 Å². The van der Waals surface area contributed by atoms with Gasteiger partial charge in [0, 0.05) is 19.4 Å². The van der Waals surface area contributed by atoms with Gasteiger partial charge in [0.15, 0.2) is 0 Å². The molecule has 1 rings (SSSR count). The molecule has 0 saturated heterocycles. The maximum Gasteiger partial charge on any atom is 0.455 e. The molecular weight excluding hydrogens is 246 g/mol. The van der Waals surface area contributed by atoms with Crippen molar-refractivity contribution < 1.29 is 27.8 Å². The van der Waals surface area contributed by atoms with Crippen molar-refractivity contribution >= 4 is 11.8 Å². The maximum absolute atomic E-state index is 12.7. The van der Waals surface area contributed by atoms with E-state index in [9.17, 15) is 18.4 Å². The van der Waals surface area contributed by atoms with Crippen molar-refractivity contribution in [1.82, 2.24) is 0 Å². The minimum absolute atomic E-state index is 0.0666. The predicted molar refractivity (Wildman–Crippen MR) is 59.0 cm³/mol. The monoisotopic (exact) mass is 262 g/mol. The zero-order valence-corrected chi connectivity index (χ0v) is 10.2. The number of alkyl halides is 2. The van der Waals surface area contributed by atoms with E-state index in [0.717, 1.165) is 12.7 Å². The molecule has 0 bridgehead atoms. The third kappa shape index (κ3) is 3.87. The largest absolute Gasteiger partial charge is 0.459 e. The second kappa shape index (κ2) is 6.04. The summed E-state index contributed by atoms with van der Waals surface area (Å²) in [4.78, 5) is 22.4. The molecule has 4 nitrogen and oxygen atoms in total. The van der Waals surface area contributed by atoms with Crippen molar-refractivity contribution in [2.75, 3.05) is 13.7 Å². The lowest BCUT2D eigenvalue weighted by Gasteiger charge is -2.22. The van der Waals surface area contributed by atoms with Crippen molar-refractivity contribution in [3.63, 3.8) is 0 Å². The second-order valence-electron chi connectivity index (χ2n) is 4.26. The van der Waals surface area contributed by atoms with Gasteiger partial charge < -0.3 is 9.47 Å². The van der Waals surface area contributed by atoms with Crippen LogP contribution in [0.5, 0.6) is 0 Å². The van der Waals surface area contributed by atoms with Gasteiger partial charge in [0.1, 0.15) is 5.78 Å². The number of carbonyl (C=O) groups is 2. The quantitative estimate of drug-likeness (QED) is 0.562. The van der Waals surface area contributed by atoms with Gasteiger partial charge in [-0.3, -0.25) is 4.79 Å². The average Bonchev–Trinajstić information content (AvgIpc) is 2.33. The highest BCUT2D eigenvalue weighted by atomic mass is 19.3. The normalized spacial score (nSPS) is 20.9. The van der Waals surface area contributed by atoms with E-state index < -0.39 is 12.1 Å². The van der Waals surface area contributed by atoms with E-state index >= 15 is 0 Å². The summed E-state index contributed by atoms with van der Waals surface area (Å²) >= 11 is 0. The van der Waals surface area contributed by atoms with Crippen LogP contribution in [0.4, 0.5) is 8.78 Å². The van der Waals surface area contributed by atoms with E-state index in [0.29, 0.717) is 19.3 Å². The Morgan fingerprint density at radius 3 is 2.78 bits per heavy atom. The van der Waals surface area contributed by atoms with Gasteiger partial charge >= 0.3 is 12.1 Å². The molecule has 102 valence electrons. The molecule has 1 unspecified atom stereocenters. The fraction of sp³-hybridized carbons (Fsp3) is 0.667. The van der Waals surface area contributed by atoms with Gasteiger partial charge in [-0.05, 0) is 19.3 Å². The van der Waals surface area contributed by atoms with E-state index in [-0.39, 0.29) is 24.7 Å². The summed E-state index contributed by atoms with van der Waals surface area (Å²) in [5.74, 6) is -1.95. The first-order chi connectivity index (χ1) is 8.36. The van der Waals surface area contributed by atoms with Crippen LogP contribution in [0.2, 0.25) is 0 Å². The van der Waals surface area contributed by atoms with Crippen LogP contribution in [0.3, 0.4) is 0 Å². The first-order valence-electron chi connectivity index (χ1n) is 5.66. The molecule has 1 aliphatic rings. The molecule has 0 spiro atoms. The number of ketones is 1. The van der Waals surface area contributed by atoms with Gasteiger partial charge in [0.25, 0.3) is 0 Å².